The maximum Gasteiger partial charge on any atom is 0.270 e. The van der Waals surface area contributed by atoms with Crippen LogP contribution in [0.4, 0.5) is 0 Å². The Kier molecular flexibility index (Phi) is 4.28. The summed E-state index contributed by atoms with van der Waals surface area (Å²) in [6, 6.07) is 13.5. The molecule has 1 amide bonds. The Morgan fingerprint density at radius 1 is 1.22 bits per heavy atom. The summed E-state index contributed by atoms with van der Waals surface area (Å²) in [4.78, 5) is 17.1. The first-order chi connectivity index (χ1) is 11.2. The molecule has 1 aromatic carbocycles. The van der Waals surface area contributed by atoms with Crippen LogP contribution in [0.15, 0.2) is 48.7 Å². The molecule has 2 heterocycles. The normalized spacial score (nSPS) is 10.7. The zero-order chi connectivity index (χ0) is 16.2. The van der Waals surface area contributed by atoms with Crippen LogP contribution in [-0.2, 0) is 6.54 Å². The summed E-state index contributed by atoms with van der Waals surface area (Å²) in [6.07, 6.45) is 1.83. The zero-order valence-corrected chi connectivity index (χ0v) is 13.2. The molecule has 0 fully saturated rings. The van der Waals surface area contributed by atoms with E-state index in [9.17, 15) is 4.79 Å². The largest absolute Gasteiger partial charge is 0.490 e. The summed E-state index contributed by atoms with van der Waals surface area (Å²) >= 11 is 0. The van der Waals surface area contributed by atoms with Gasteiger partial charge in [0.2, 0.25) is 0 Å². The van der Waals surface area contributed by atoms with Crippen molar-refractivity contribution in [3.8, 4) is 5.75 Å². The molecule has 0 saturated heterocycles. The molecule has 0 radical (unpaired) electrons. The molecule has 0 bridgehead atoms. The Balaban J connectivity index is 1.88. The number of ether oxygens (including phenoxy) is 1. The Bertz CT molecular complexity index is 825. The number of aromatic nitrogens is 2. The van der Waals surface area contributed by atoms with Gasteiger partial charge in [-0.1, -0.05) is 30.3 Å². The van der Waals surface area contributed by atoms with E-state index >= 15 is 0 Å². The summed E-state index contributed by atoms with van der Waals surface area (Å²) in [7, 11) is 0. The number of pyridine rings is 1. The molecule has 3 rings (SSSR count). The molecule has 118 valence electrons. The second-order valence-corrected chi connectivity index (χ2v) is 5.21. The molecule has 1 N–H and O–H groups in total. The molecule has 5 heteroatoms. The van der Waals surface area contributed by atoms with Gasteiger partial charge in [-0.3, -0.25) is 9.20 Å². The smallest absolute Gasteiger partial charge is 0.270 e. The van der Waals surface area contributed by atoms with Crippen LogP contribution < -0.4 is 10.1 Å². The van der Waals surface area contributed by atoms with Crippen LogP contribution in [-0.4, -0.2) is 21.9 Å². The number of carbonyl (C=O) groups excluding carboxylic acids is 1. The number of carbonyl (C=O) groups is 1. The van der Waals surface area contributed by atoms with Crippen LogP contribution in [0.2, 0.25) is 0 Å². The van der Waals surface area contributed by atoms with E-state index < -0.39 is 0 Å². The van der Waals surface area contributed by atoms with Crippen molar-refractivity contribution in [1.29, 1.82) is 0 Å². The van der Waals surface area contributed by atoms with E-state index in [0.29, 0.717) is 35.9 Å². The third-order valence-electron chi connectivity index (χ3n) is 3.60. The first-order valence-electron chi connectivity index (χ1n) is 7.63. The quantitative estimate of drug-likeness (QED) is 0.788. The highest BCUT2D eigenvalue weighted by molar-refractivity contribution is 5.94. The SMILES string of the molecule is CCOc1cccn2c(C(=O)NCc3ccccc3)c(C)nc12. The van der Waals surface area contributed by atoms with E-state index in [1.54, 1.807) is 4.40 Å². The van der Waals surface area contributed by atoms with E-state index in [0.717, 1.165) is 5.56 Å². The molecule has 0 atom stereocenters. The van der Waals surface area contributed by atoms with Crippen LogP contribution in [0.25, 0.3) is 5.65 Å². The lowest BCUT2D eigenvalue weighted by molar-refractivity contribution is 0.0944. The van der Waals surface area contributed by atoms with Crippen molar-refractivity contribution in [3.05, 3.63) is 65.6 Å². The number of aryl methyl sites for hydroxylation is 1. The minimum Gasteiger partial charge on any atom is -0.490 e. The summed E-state index contributed by atoms with van der Waals surface area (Å²) in [5.41, 5.74) is 2.94. The predicted octanol–water partition coefficient (Wildman–Crippen LogP) is 2.97. The first-order valence-corrected chi connectivity index (χ1v) is 7.63. The maximum absolute atomic E-state index is 12.6. The summed E-state index contributed by atoms with van der Waals surface area (Å²) in [5, 5.41) is 2.95. The second-order valence-electron chi connectivity index (χ2n) is 5.21. The first kappa shape index (κ1) is 15.1. The number of imidazole rings is 1. The lowest BCUT2D eigenvalue weighted by Crippen LogP contribution is -2.24. The van der Waals surface area contributed by atoms with Crippen LogP contribution in [0, 0.1) is 6.92 Å². The molecule has 0 aliphatic carbocycles. The topological polar surface area (TPSA) is 55.6 Å². The fraction of sp³-hybridized carbons (Fsp3) is 0.222. The number of fused-ring (bicyclic) bond motifs is 1. The average molecular weight is 309 g/mol. The Morgan fingerprint density at radius 3 is 2.74 bits per heavy atom. The van der Waals surface area contributed by atoms with Crippen molar-refractivity contribution in [2.24, 2.45) is 0 Å². The van der Waals surface area contributed by atoms with Gasteiger partial charge in [-0.15, -0.1) is 0 Å². The molecule has 0 spiro atoms. The molecule has 3 aromatic rings. The molecule has 0 aliphatic rings. The van der Waals surface area contributed by atoms with Crippen molar-refractivity contribution in [2.75, 3.05) is 6.61 Å². The van der Waals surface area contributed by atoms with Crippen LogP contribution >= 0.6 is 0 Å². The van der Waals surface area contributed by atoms with Crippen molar-refractivity contribution in [1.82, 2.24) is 14.7 Å². The standard InChI is InChI=1S/C18H19N3O2/c1-3-23-15-10-7-11-21-16(13(2)20-17(15)21)18(22)19-12-14-8-5-4-6-9-14/h4-11H,3,12H2,1-2H3,(H,19,22). The van der Waals surface area contributed by atoms with Crippen molar-refractivity contribution in [2.45, 2.75) is 20.4 Å². The Hall–Kier alpha value is -2.82. The van der Waals surface area contributed by atoms with Gasteiger partial charge in [-0.25, -0.2) is 4.98 Å². The summed E-state index contributed by atoms with van der Waals surface area (Å²) in [6.45, 7) is 4.80. The minimum absolute atomic E-state index is 0.146. The second kappa shape index (κ2) is 6.52. The third kappa shape index (κ3) is 3.04. The van der Waals surface area contributed by atoms with Crippen molar-refractivity contribution in [3.63, 3.8) is 0 Å². The fourth-order valence-electron chi connectivity index (χ4n) is 2.56. The van der Waals surface area contributed by atoms with E-state index in [-0.39, 0.29) is 5.91 Å². The molecule has 0 aliphatic heterocycles. The minimum atomic E-state index is -0.146. The number of rotatable bonds is 5. The van der Waals surface area contributed by atoms with Gasteiger partial charge >= 0.3 is 0 Å². The van der Waals surface area contributed by atoms with E-state index in [4.69, 9.17) is 4.74 Å². The monoisotopic (exact) mass is 309 g/mol. The van der Waals surface area contributed by atoms with Gasteiger partial charge in [0.1, 0.15) is 5.69 Å². The van der Waals surface area contributed by atoms with Crippen molar-refractivity contribution < 1.29 is 9.53 Å². The van der Waals surface area contributed by atoms with E-state index in [2.05, 4.69) is 10.3 Å². The van der Waals surface area contributed by atoms with Crippen LogP contribution in [0.1, 0.15) is 28.7 Å². The number of hydrogen-bond acceptors (Lipinski definition) is 3. The Morgan fingerprint density at radius 2 is 2.00 bits per heavy atom. The number of hydrogen-bond donors (Lipinski definition) is 1. The van der Waals surface area contributed by atoms with Crippen LogP contribution in [0.5, 0.6) is 5.75 Å². The maximum atomic E-state index is 12.6. The van der Waals surface area contributed by atoms with Crippen LogP contribution in [0.3, 0.4) is 0 Å². The number of nitrogens with zero attached hydrogens (tertiary/aromatic N) is 2. The average Bonchev–Trinajstić information content (AvgIpc) is 2.91. The zero-order valence-electron chi connectivity index (χ0n) is 13.2. The lowest BCUT2D eigenvalue weighted by Gasteiger charge is -2.07. The van der Waals surface area contributed by atoms with Crippen molar-refractivity contribution >= 4 is 11.6 Å². The number of benzene rings is 1. The summed E-state index contributed by atoms with van der Waals surface area (Å²) < 4.78 is 7.36. The highest BCUT2D eigenvalue weighted by Crippen LogP contribution is 2.22. The predicted molar refractivity (Wildman–Crippen MR) is 88.7 cm³/mol. The highest BCUT2D eigenvalue weighted by Gasteiger charge is 2.18. The molecule has 2 aromatic heterocycles. The van der Waals surface area contributed by atoms with Gasteiger partial charge in [0, 0.05) is 12.7 Å². The fourth-order valence-corrected chi connectivity index (χ4v) is 2.56. The molecular formula is C18H19N3O2. The Labute approximate surface area is 134 Å². The molecule has 0 unspecified atom stereocenters. The molecular weight excluding hydrogens is 290 g/mol. The third-order valence-corrected chi connectivity index (χ3v) is 3.60. The van der Waals surface area contributed by atoms with E-state index in [1.807, 2.05) is 62.5 Å². The summed E-state index contributed by atoms with van der Waals surface area (Å²) in [5.74, 6) is 0.535. The number of nitrogens with one attached hydrogen (secondary N) is 1. The molecule has 23 heavy (non-hydrogen) atoms. The van der Waals surface area contributed by atoms with E-state index in [1.165, 1.54) is 0 Å². The van der Waals surface area contributed by atoms with Gasteiger partial charge in [0.25, 0.3) is 5.91 Å². The van der Waals surface area contributed by atoms with Gasteiger partial charge in [0.15, 0.2) is 11.4 Å². The lowest BCUT2D eigenvalue weighted by atomic mass is 10.2. The highest BCUT2D eigenvalue weighted by atomic mass is 16.5. The van der Waals surface area contributed by atoms with Gasteiger partial charge in [0.05, 0.1) is 12.3 Å². The van der Waals surface area contributed by atoms with Gasteiger partial charge in [-0.05, 0) is 31.5 Å². The molecule has 5 nitrogen and oxygen atoms in total. The van der Waals surface area contributed by atoms with Gasteiger partial charge in [-0.2, -0.15) is 0 Å². The number of amides is 1. The molecule has 0 saturated carbocycles. The van der Waals surface area contributed by atoms with Gasteiger partial charge < -0.3 is 10.1 Å².